The van der Waals surface area contributed by atoms with Crippen LogP contribution in [0.15, 0.2) is 91.3 Å². The molecule has 2 aromatic carbocycles. The smallest absolute Gasteiger partial charge is 0.255 e. The summed E-state index contributed by atoms with van der Waals surface area (Å²) in [5.41, 5.74) is 5.85. The van der Waals surface area contributed by atoms with Gasteiger partial charge in [-0.15, -0.1) is 0 Å². The van der Waals surface area contributed by atoms with E-state index >= 15 is 0 Å². The monoisotopic (exact) mass is 422 g/mol. The first kappa shape index (κ1) is 21.2. The zero-order valence-electron chi connectivity index (χ0n) is 18.1. The third kappa shape index (κ3) is 5.38. The molecule has 160 valence electrons. The van der Waals surface area contributed by atoms with Crippen molar-refractivity contribution in [1.82, 2.24) is 15.3 Å². The van der Waals surface area contributed by atoms with E-state index in [4.69, 9.17) is 4.98 Å². The van der Waals surface area contributed by atoms with Gasteiger partial charge < -0.3 is 10.6 Å². The Morgan fingerprint density at radius 1 is 0.906 bits per heavy atom. The van der Waals surface area contributed by atoms with Crippen molar-refractivity contribution in [3.63, 3.8) is 0 Å². The largest absolute Gasteiger partial charge is 0.369 e. The van der Waals surface area contributed by atoms with Crippen LogP contribution in [0, 0.1) is 6.92 Å². The molecule has 0 saturated heterocycles. The van der Waals surface area contributed by atoms with Crippen molar-refractivity contribution < 1.29 is 4.79 Å². The summed E-state index contributed by atoms with van der Waals surface area (Å²) in [6, 6.07) is 25.8. The fraction of sp³-hybridized carbons (Fsp3) is 0.148. The highest BCUT2D eigenvalue weighted by Gasteiger charge is 2.14. The zero-order valence-corrected chi connectivity index (χ0v) is 18.1. The van der Waals surface area contributed by atoms with Crippen molar-refractivity contribution in [2.75, 3.05) is 11.9 Å². The van der Waals surface area contributed by atoms with E-state index in [1.54, 1.807) is 12.4 Å². The van der Waals surface area contributed by atoms with E-state index in [9.17, 15) is 4.79 Å². The molecular formula is C27H26N4O. The molecule has 0 saturated carbocycles. The molecule has 0 spiro atoms. The number of nitrogens with one attached hydrogen (secondary N) is 2. The SMILES string of the molecule is Cc1ccccc1CCNc1nc(-c2ccccc2)ccc1C(=O)NCc1cccnc1. The van der Waals surface area contributed by atoms with Gasteiger partial charge in [-0.3, -0.25) is 9.78 Å². The fourth-order valence-corrected chi connectivity index (χ4v) is 3.53. The van der Waals surface area contributed by atoms with Crippen molar-refractivity contribution in [3.8, 4) is 11.3 Å². The number of hydrogen-bond acceptors (Lipinski definition) is 4. The molecule has 32 heavy (non-hydrogen) atoms. The van der Waals surface area contributed by atoms with Gasteiger partial charge in [-0.1, -0.05) is 60.7 Å². The minimum atomic E-state index is -0.167. The third-order valence-corrected chi connectivity index (χ3v) is 5.33. The molecule has 2 aromatic heterocycles. The Hall–Kier alpha value is -3.99. The molecule has 0 unspecified atom stereocenters. The van der Waals surface area contributed by atoms with Gasteiger partial charge in [0.25, 0.3) is 5.91 Å². The molecule has 2 heterocycles. The lowest BCUT2D eigenvalue weighted by Crippen LogP contribution is -2.25. The van der Waals surface area contributed by atoms with E-state index in [1.807, 2.05) is 66.7 Å². The lowest BCUT2D eigenvalue weighted by atomic mass is 10.1. The third-order valence-electron chi connectivity index (χ3n) is 5.33. The maximum Gasteiger partial charge on any atom is 0.255 e. The Labute approximate surface area is 188 Å². The van der Waals surface area contributed by atoms with Crippen LogP contribution >= 0.6 is 0 Å². The summed E-state index contributed by atoms with van der Waals surface area (Å²) in [4.78, 5) is 21.8. The maximum atomic E-state index is 13.0. The highest BCUT2D eigenvalue weighted by Crippen LogP contribution is 2.22. The van der Waals surface area contributed by atoms with Gasteiger partial charge in [0.1, 0.15) is 5.82 Å². The van der Waals surface area contributed by atoms with E-state index in [-0.39, 0.29) is 5.91 Å². The van der Waals surface area contributed by atoms with Gasteiger partial charge in [-0.05, 0) is 48.2 Å². The van der Waals surface area contributed by atoms with Gasteiger partial charge in [0.15, 0.2) is 0 Å². The molecule has 0 atom stereocenters. The summed E-state index contributed by atoms with van der Waals surface area (Å²) in [5, 5.41) is 6.37. The van der Waals surface area contributed by atoms with E-state index in [0.29, 0.717) is 24.5 Å². The number of nitrogens with zero attached hydrogens (tertiary/aromatic N) is 2. The van der Waals surface area contributed by atoms with E-state index < -0.39 is 0 Å². The summed E-state index contributed by atoms with van der Waals surface area (Å²) in [7, 11) is 0. The van der Waals surface area contributed by atoms with Crippen LogP contribution in [0.4, 0.5) is 5.82 Å². The predicted molar refractivity (Wildman–Crippen MR) is 128 cm³/mol. The average molecular weight is 423 g/mol. The Bertz CT molecular complexity index is 1180. The number of pyridine rings is 2. The fourth-order valence-electron chi connectivity index (χ4n) is 3.53. The molecule has 4 aromatic rings. The first-order valence-electron chi connectivity index (χ1n) is 10.7. The van der Waals surface area contributed by atoms with Crippen LogP contribution < -0.4 is 10.6 Å². The van der Waals surface area contributed by atoms with Gasteiger partial charge in [0, 0.05) is 31.0 Å². The molecule has 2 N–H and O–H groups in total. The zero-order chi connectivity index (χ0) is 22.2. The van der Waals surface area contributed by atoms with Crippen molar-refractivity contribution in [3.05, 3.63) is 114 Å². The molecule has 0 fully saturated rings. The Kier molecular flexibility index (Phi) is 6.88. The number of aromatic nitrogens is 2. The first-order chi connectivity index (χ1) is 15.7. The number of rotatable bonds is 8. The molecule has 0 aliphatic carbocycles. The lowest BCUT2D eigenvalue weighted by Gasteiger charge is -2.14. The first-order valence-corrected chi connectivity index (χ1v) is 10.7. The average Bonchev–Trinajstić information content (AvgIpc) is 2.85. The van der Waals surface area contributed by atoms with Crippen molar-refractivity contribution in [2.24, 2.45) is 0 Å². The summed E-state index contributed by atoms with van der Waals surface area (Å²) < 4.78 is 0. The normalized spacial score (nSPS) is 10.5. The minimum Gasteiger partial charge on any atom is -0.369 e. The van der Waals surface area contributed by atoms with Crippen molar-refractivity contribution >= 4 is 11.7 Å². The second-order valence-electron chi connectivity index (χ2n) is 7.61. The van der Waals surface area contributed by atoms with Crippen molar-refractivity contribution in [1.29, 1.82) is 0 Å². The lowest BCUT2D eigenvalue weighted by molar-refractivity contribution is 0.0951. The van der Waals surface area contributed by atoms with Gasteiger partial charge in [-0.2, -0.15) is 0 Å². The van der Waals surface area contributed by atoms with Crippen LogP contribution in [0.3, 0.4) is 0 Å². The van der Waals surface area contributed by atoms with Gasteiger partial charge >= 0.3 is 0 Å². The number of amides is 1. The number of hydrogen-bond donors (Lipinski definition) is 2. The molecule has 5 heteroatoms. The molecule has 0 aliphatic heterocycles. The van der Waals surface area contributed by atoms with Crippen LogP contribution in [0.1, 0.15) is 27.0 Å². The molecule has 4 rings (SSSR count). The Morgan fingerprint density at radius 3 is 2.50 bits per heavy atom. The Balaban J connectivity index is 1.54. The number of anilines is 1. The quantitative estimate of drug-likeness (QED) is 0.418. The highest BCUT2D eigenvalue weighted by atomic mass is 16.1. The second-order valence-corrected chi connectivity index (χ2v) is 7.61. The summed E-state index contributed by atoms with van der Waals surface area (Å²) in [6.07, 6.45) is 4.31. The second kappa shape index (κ2) is 10.4. The molecule has 1 amide bonds. The number of carbonyl (C=O) groups is 1. The van der Waals surface area contributed by atoms with Gasteiger partial charge in [0.05, 0.1) is 11.3 Å². The highest BCUT2D eigenvalue weighted by molar-refractivity contribution is 5.99. The molecule has 0 bridgehead atoms. The summed E-state index contributed by atoms with van der Waals surface area (Å²) >= 11 is 0. The predicted octanol–water partition coefficient (Wildman–Crippen LogP) is 5.04. The number of aryl methyl sites for hydroxylation is 1. The minimum absolute atomic E-state index is 0.167. The standard InChI is InChI=1S/C27H26N4O/c1-20-8-5-6-10-22(20)15-17-29-26-24(27(32)30-19-21-9-7-16-28-18-21)13-14-25(31-26)23-11-3-2-4-12-23/h2-14,16,18H,15,17,19H2,1H3,(H,29,31)(H,30,32). The molecule has 0 aliphatic rings. The summed E-state index contributed by atoms with van der Waals surface area (Å²) in [6.45, 7) is 3.20. The van der Waals surface area contributed by atoms with Crippen LogP contribution in [0.5, 0.6) is 0 Å². The number of carbonyl (C=O) groups excluding carboxylic acids is 1. The maximum absolute atomic E-state index is 13.0. The van der Waals surface area contributed by atoms with Crippen LogP contribution in [-0.4, -0.2) is 22.4 Å². The van der Waals surface area contributed by atoms with Gasteiger partial charge in [0.2, 0.25) is 0 Å². The Morgan fingerprint density at radius 2 is 1.72 bits per heavy atom. The molecule has 0 radical (unpaired) electrons. The van der Waals surface area contributed by atoms with Gasteiger partial charge in [-0.25, -0.2) is 4.98 Å². The summed E-state index contributed by atoms with van der Waals surface area (Å²) in [5.74, 6) is 0.419. The van der Waals surface area contributed by atoms with E-state index in [1.165, 1.54) is 11.1 Å². The van der Waals surface area contributed by atoms with E-state index in [0.717, 1.165) is 23.2 Å². The van der Waals surface area contributed by atoms with E-state index in [2.05, 4.69) is 34.7 Å². The van der Waals surface area contributed by atoms with Crippen LogP contribution in [0.2, 0.25) is 0 Å². The van der Waals surface area contributed by atoms with Crippen LogP contribution in [0.25, 0.3) is 11.3 Å². The topological polar surface area (TPSA) is 66.9 Å². The number of benzene rings is 2. The van der Waals surface area contributed by atoms with Crippen molar-refractivity contribution in [2.45, 2.75) is 19.9 Å². The molecular weight excluding hydrogens is 396 g/mol. The van der Waals surface area contributed by atoms with Crippen LogP contribution in [-0.2, 0) is 13.0 Å². The molecule has 5 nitrogen and oxygen atoms in total.